The monoisotopic (exact) mass is 386 g/mol. The molecule has 1 amide bonds. The van der Waals surface area contributed by atoms with Gasteiger partial charge in [-0.1, -0.05) is 18.2 Å². The number of aryl methyl sites for hydroxylation is 1. The first-order chi connectivity index (χ1) is 12.7. The zero-order valence-electron chi connectivity index (χ0n) is 15.7. The third-order valence-corrected chi connectivity index (χ3v) is 6.20. The van der Waals surface area contributed by atoms with Crippen LogP contribution in [-0.4, -0.2) is 21.4 Å². The van der Waals surface area contributed by atoms with Crippen molar-refractivity contribution in [3.8, 4) is 0 Å². The predicted octanol–water partition coefficient (Wildman–Crippen LogP) is 3.45. The third kappa shape index (κ3) is 3.74. The number of benzene rings is 2. The van der Waals surface area contributed by atoms with Gasteiger partial charge in [0.25, 0.3) is 5.91 Å². The molecule has 0 saturated heterocycles. The first kappa shape index (κ1) is 19.1. The minimum atomic E-state index is -3.65. The van der Waals surface area contributed by atoms with Crippen LogP contribution < -0.4 is 10.0 Å². The molecule has 0 spiro atoms. The number of fused-ring (bicyclic) bond motifs is 1. The van der Waals surface area contributed by atoms with Crippen molar-refractivity contribution in [3.05, 3.63) is 64.9 Å². The fourth-order valence-corrected chi connectivity index (χ4v) is 3.98. The minimum Gasteiger partial charge on any atom is -0.459 e. The van der Waals surface area contributed by atoms with Crippen molar-refractivity contribution in [2.24, 2.45) is 0 Å². The van der Waals surface area contributed by atoms with E-state index in [0.29, 0.717) is 11.3 Å². The highest BCUT2D eigenvalue weighted by atomic mass is 32.2. The molecule has 3 rings (SSSR count). The number of nitrogens with one attached hydrogen (secondary N) is 2. The molecule has 0 fully saturated rings. The lowest BCUT2D eigenvalue weighted by Gasteiger charge is -2.15. The molecular formula is C20H22N2O4S. The zero-order chi connectivity index (χ0) is 19.8. The topological polar surface area (TPSA) is 88.4 Å². The second-order valence-electron chi connectivity index (χ2n) is 6.51. The Hall–Kier alpha value is -2.64. The van der Waals surface area contributed by atoms with Gasteiger partial charge in [0.2, 0.25) is 10.0 Å². The number of amides is 1. The molecule has 6 nitrogen and oxygen atoms in total. The summed E-state index contributed by atoms with van der Waals surface area (Å²) >= 11 is 0. The largest absolute Gasteiger partial charge is 0.459 e. The van der Waals surface area contributed by atoms with Gasteiger partial charge in [-0.05, 0) is 63.2 Å². The molecule has 2 aromatic carbocycles. The van der Waals surface area contributed by atoms with Gasteiger partial charge < -0.3 is 9.73 Å². The maximum Gasteiger partial charge on any atom is 0.251 e. The van der Waals surface area contributed by atoms with Gasteiger partial charge in [-0.25, -0.2) is 13.1 Å². The van der Waals surface area contributed by atoms with Crippen molar-refractivity contribution in [2.45, 2.75) is 31.7 Å². The average molecular weight is 386 g/mol. The fraction of sp³-hybridized carbons (Fsp3) is 0.250. The summed E-state index contributed by atoms with van der Waals surface area (Å²) in [5.74, 6) is 0.273. The van der Waals surface area contributed by atoms with Crippen molar-refractivity contribution in [1.29, 1.82) is 0 Å². The lowest BCUT2D eigenvalue weighted by atomic mass is 10.1. The van der Waals surface area contributed by atoms with Crippen LogP contribution in [0.1, 0.15) is 40.2 Å². The van der Waals surface area contributed by atoms with E-state index in [9.17, 15) is 13.2 Å². The van der Waals surface area contributed by atoms with E-state index < -0.39 is 10.0 Å². The summed E-state index contributed by atoms with van der Waals surface area (Å²) in [5.41, 5.74) is 2.39. The molecule has 0 aliphatic rings. The van der Waals surface area contributed by atoms with Crippen LogP contribution in [0.5, 0.6) is 0 Å². The standard InChI is InChI=1S/C20H22N2O4S/c1-12-9-16(11-19(13(12)2)27(24,25)21-4)20(23)22-14(3)18-10-15-7-5-6-8-17(15)26-18/h5-11,14,21H,1-4H3,(H,22,23)/t14-/m0/s1. The molecule has 7 heteroatoms. The third-order valence-electron chi connectivity index (χ3n) is 4.66. The SMILES string of the molecule is CNS(=O)(=O)c1cc(C(=O)N[C@@H](C)c2cc3ccccc3o2)cc(C)c1C. The number of sulfonamides is 1. The molecule has 0 unspecified atom stereocenters. The quantitative estimate of drug-likeness (QED) is 0.703. The maximum absolute atomic E-state index is 12.7. The molecule has 142 valence electrons. The second-order valence-corrected chi connectivity index (χ2v) is 8.36. The Morgan fingerprint density at radius 3 is 2.48 bits per heavy atom. The molecule has 1 aromatic heterocycles. The Bertz CT molecular complexity index is 1080. The zero-order valence-corrected chi connectivity index (χ0v) is 16.5. The molecule has 1 heterocycles. The smallest absolute Gasteiger partial charge is 0.251 e. The van der Waals surface area contributed by atoms with Crippen LogP contribution in [0, 0.1) is 13.8 Å². The number of carbonyl (C=O) groups is 1. The number of hydrogen-bond donors (Lipinski definition) is 2. The van der Waals surface area contributed by atoms with Gasteiger partial charge in [-0.2, -0.15) is 0 Å². The number of rotatable bonds is 5. The second kappa shape index (κ2) is 7.17. The molecule has 3 aromatic rings. The van der Waals surface area contributed by atoms with E-state index in [1.807, 2.05) is 37.3 Å². The Labute approximate surface area is 158 Å². The first-order valence-electron chi connectivity index (χ1n) is 8.57. The van der Waals surface area contributed by atoms with Crippen molar-refractivity contribution in [3.63, 3.8) is 0 Å². The molecule has 0 saturated carbocycles. The van der Waals surface area contributed by atoms with Crippen molar-refractivity contribution >= 4 is 26.9 Å². The van der Waals surface area contributed by atoms with E-state index in [-0.39, 0.29) is 22.4 Å². The van der Waals surface area contributed by atoms with Crippen LogP contribution in [0.2, 0.25) is 0 Å². The normalized spacial score (nSPS) is 12.9. The van der Waals surface area contributed by atoms with Gasteiger partial charge in [0.05, 0.1) is 10.9 Å². The van der Waals surface area contributed by atoms with Crippen LogP contribution in [0.15, 0.2) is 51.8 Å². The fourth-order valence-electron chi connectivity index (χ4n) is 2.91. The maximum atomic E-state index is 12.7. The van der Waals surface area contributed by atoms with Crippen LogP contribution in [0.3, 0.4) is 0 Å². The molecular weight excluding hydrogens is 364 g/mol. The summed E-state index contributed by atoms with van der Waals surface area (Å²) in [6.45, 7) is 5.32. The van der Waals surface area contributed by atoms with Gasteiger partial charge in [0, 0.05) is 10.9 Å². The molecule has 2 N–H and O–H groups in total. The lowest BCUT2D eigenvalue weighted by molar-refractivity contribution is 0.0935. The molecule has 1 atom stereocenters. The van der Waals surface area contributed by atoms with Gasteiger partial charge >= 0.3 is 0 Å². The van der Waals surface area contributed by atoms with Gasteiger partial charge in [0.15, 0.2) is 0 Å². The number of para-hydroxylation sites is 1. The van der Waals surface area contributed by atoms with Crippen LogP contribution in [0.4, 0.5) is 0 Å². The van der Waals surface area contributed by atoms with E-state index in [4.69, 9.17) is 4.42 Å². The average Bonchev–Trinajstić information content (AvgIpc) is 3.08. The van der Waals surface area contributed by atoms with Crippen LogP contribution >= 0.6 is 0 Å². The highest BCUT2D eigenvalue weighted by Crippen LogP contribution is 2.25. The summed E-state index contributed by atoms with van der Waals surface area (Å²) in [4.78, 5) is 12.8. The van der Waals surface area contributed by atoms with E-state index in [0.717, 1.165) is 16.5 Å². The molecule has 0 aliphatic carbocycles. The number of carbonyl (C=O) groups excluding carboxylic acids is 1. The Balaban J connectivity index is 1.89. The van der Waals surface area contributed by atoms with Crippen LogP contribution in [0.25, 0.3) is 11.0 Å². The van der Waals surface area contributed by atoms with E-state index in [1.165, 1.54) is 13.1 Å². The van der Waals surface area contributed by atoms with E-state index in [1.54, 1.807) is 19.9 Å². The highest BCUT2D eigenvalue weighted by Gasteiger charge is 2.21. The molecule has 0 aliphatic heterocycles. The summed E-state index contributed by atoms with van der Waals surface area (Å²) in [6.07, 6.45) is 0. The van der Waals surface area contributed by atoms with E-state index in [2.05, 4.69) is 10.0 Å². The van der Waals surface area contributed by atoms with Crippen molar-refractivity contribution in [1.82, 2.24) is 10.0 Å². The number of hydrogen-bond acceptors (Lipinski definition) is 4. The summed E-state index contributed by atoms with van der Waals surface area (Å²) in [5, 5.41) is 3.83. The molecule has 0 bridgehead atoms. The minimum absolute atomic E-state index is 0.103. The highest BCUT2D eigenvalue weighted by molar-refractivity contribution is 7.89. The predicted molar refractivity (Wildman–Crippen MR) is 104 cm³/mol. The van der Waals surface area contributed by atoms with E-state index >= 15 is 0 Å². The summed E-state index contributed by atoms with van der Waals surface area (Å²) < 4.78 is 32.6. The summed E-state index contributed by atoms with van der Waals surface area (Å²) in [6, 6.07) is 12.2. The number of furan rings is 1. The Kier molecular flexibility index (Phi) is 5.08. The van der Waals surface area contributed by atoms with Gasteiger partial charge in [0.1, 0.15) is 11.3 Å². The van der Waals surface area contributed by atoms with Crippen LogP contribution in [-0.2, 0) is 10.0 Å². The van der Waals surface area contributed by atoms with Crippen molar-refractivity contribution in [2.75, 3.05) is 7.05 Å². The molecule has 0 radical (unpaired) electrons. The summed E-state index contributed by atoms with van der Waals surface area (Å²) in [7, 11) is -2.31. The lowest BCUT2D eigenvalue weighted by Crippen LogP contribution is -2.27. The Morgan fingerprint density at radius 2 is 1.81 bits per heavy atom. The van der Waals surface area contributed by atoms with Gasteiger partial charge in [-0.3, -0.25) is 4.79 Å². The molecule has 27 heavy (non-hydrogen) atoms. The van der Waals surface area contributed by atoms with Crippen molar-refractivity contribution < 1.29 is 17.6 Å². The Morgan fingerprint density at radius 1 is 1.11 bits per heavy atom. The van der Waals surface area contributed by atoms with Gasteiger partial charge in [-0.15, -0.1) is 0 Å². The first-order valence-corrected chi connectivity index (χ1v) is 10.1.